The maximum absolute atomic E-state index is 12.2. The van der Waals surface area contributed by atoms with Crippen LogP contribution in [0.2, 0.25) is 0 Å². The molecule has 0 atom stereocenters. The Balaban J connectivity index is 2.14. The molecule has 1 N–H and O–H groups in total. The molecule has 0 bridgehead atoms. The molecular weight excluding hydrogens is 436 g/mol. The number of hydrogen-bond acceptors (Lipinski definition) is 7. The van der Waals surface area contributed by atoms with Gasteiger partial charge in [0.25, 0.3) is 0 Å². The lowest BCUT2D eigenvalue weighted by Gasteiger charge is -2.18. The van der Waals surface area contributed by atoms with Crippen molar-refractivity contribution >= 4 is 17.5 Å². The van der Waals surface area contributed by atoms with Crippen LogP contribution in [0.25, 0.3) is 0 Å². The van der Waals surface area contributed by atoms with Crippen molar-refractivity contribution in [3.8, 4) is 23.0 Å². The Hall–Kier alpha value is -3.35. The van der Waals surface area contributed by atoms with Gasteiger partial charge >= 0.3 is 5.97 Å². The Morgan fingerprint density at radius 3 is 1.91 bits per heavy atom. The highest BCUT2D eigenvalue weighted by atomic mass is 16.5. The van der Waals surface area contributed by atoms with Crippen LogP contribution in [0, 0.1) is 0 Å². The minimum Gasteiger partial charge on any atom is -0.507 e. The van der Waals surface area contributed by atoms with Crippen molar-refractivity contribution in [2.45, 2.75) is 66.7 Å². The van der Waals surface area contributed by atoms with Crippen LogP contribution in [0.4, 0.5) is 0 Å². The predicted molar refractivity (Wildman–Crippen MR) is 129 cm³/mol. The molecule has 0 saturated heterocycles. The Morgan fingerprint density at radius 2 is 1.32 bits per heavy atom. The third-order valence-electron chi connectivity index (χ3n) is 5.26. The van der Waals surface area contributed by atoms with E-state index in [0.29, 0.717) is 59.8 Å². The molecule has 34 heavy (non-hydrogen) atoms. The molecule has 0 unspecified atom stereocenters. The van der Waals surface area contributed by atoms with E-state index in [9.17, 15) is 19.5 Å². The lowest BCUT2D eigenvalue weighted by atomic mass is 10.0. The van der Waals surface area contributed by atoms with Gasteiger partial charge in [0.05, 0.1) is 24.3 Å². The van der Waals surface area contributed by atoms with Crippen LogP contribution in [-0.2, 0) is 17.6 Å². The number of benzene rings is 2. The fourth-order valence-corrected chi connectivity index (χ4v) is 3.73. The fraction of sp³-hybridized carbons (Fsp3) is 0.444. The molecule has 2 aromatic rings. The van der Waals surface area contributed by atoms with Crippen LogP contribution < -0.4 is 14.2 Å². The summed E-state index contributed by atoms with van der Waals surface area (Å²) in [5, 5.41) is 10.5. The number of aromatic hydroxyl groups is 1. The zero-order valence-corrected chi connectivity index (χ0v) is 20.7. The van der Waals surface area contributed by atoms with Gasteiger partial charge in [0, 0.05) is 24.5 Å². The van der Waals surface area contributed by atoms with Crippen molar-refractivity contribution in [2.75, 3.05) is 13.2 Å². The van der Waals surface area contributed by atoms with Gasteiger partial charge in [0.1, 0.15) is 23.0 Å². The Morgan fingerprint density at radius 1 is 0.765 bits per heavy atom. The van der Waals surface area contributed by atoms with E-state index in [1.54, 1.807) is 24.3 Å². The SMILES string of the molecule is CCCc1c(OCCCOc2c(C(C)=O)ccc(OC(C)=O)c2CCC)ccc(C(C)=O)c1O. The van der Waals surface area contributed by atoms with Gasteiger partial charge in [0.2, 0.25) is 0 Å². The summed E-state index contributed by atoms with van der Waals surface area (Å²) in [7, 11) is 0. The largest absolute Gasteiger partial charge is 0.507 e. The summed E-state index contributed by atoms with van der Waals surface area (Å²) >= 11 is 0. The minimum absolute atomic E-state index is 0.0271. The second-order valence-corrected chi connectivity index (χ2v) is 8.11. The van der Waals surface area contributed by atoms with Crippen molar-refractivity contribution in [3.63, 3.8) is 0 Å². The van der Waals surface area contributed by atoms with E-state index in [0.717, 1.165) is 12.8 Å². The van der Waals surface area contributed by atoms with E-state index in [2.05, 4.69) is 0 Å². The molecule has 0 amide bonds. The smallest absolute Gasteiger partial charge is 0.308 e. The fourth-order valence-electron chi connectivity index (χ4n) is 3.73. The van der Waals surface area contributed by atoms with Gasteiger partial charge < -0.3 is 19.3 Å². The topological polar surface area (TPSA) is 99.1 Å². The molecule has 0 radical (unpaired) electrons. The van der Waals surface area contributed by atoms with Crippen LogP contribution in [-0.4, -0.2) is 35.9 Å². The standard InChI is InChI=1S/C27H34O7/c1-6-9-22-24(13-11-20(17(3)28)26(22)31)32-15-8-16-33-27-21(18(4)29)12-14-25(34-19(5)30)23(27)10-7-2/h11-14,31H,6-10,15-16H2,1-5H3. The number of hydrogen-bond donors (Lipinski definition) is 1. The van der Waals surface area contributed by atoms with Crippen molar-refractivity contribution in [3.05, 3.63) is 46.5 Å². The first-order valence-electron chi connectivity index (χ1n) is 11.7. The number of carbonyl (C=O) groups is 3. The molecule has 0 heterocycles. The third-order valence-corrected chi connectivity index (χ3v) is 5.26. The number of carbonyl (C=O) groups excluding carboxylic acids is 3. The molecule has 0 fully saturated rings. The van der Waals surface area contributed by atoms with Gasteiger partial charge in [0.15, 0.2) is 11.6 Å². The van der Waals surface area contributed by atoms with E-state index in [1.165, 1.54) is 20.8 Å². The van der Waals surface area contributed by atoms with Crippen molar-refractivity contribution < 1.29 is 33.7 Å². The first-order chi connectivity index (χ1) is 16.2. The molecule has 0 spiro atoms. The van der Waals surface area contributed by atoms with Crippen LogP contribution in [0.3, 0.4) is 0 Å². The van der Waals surface area contributed by atoms with E-state index < -0.39 is 5.97 Å². The molecule has 2 rings (SSSR count). The number of phenols is 1. The molecule has 7 heteroatoms. The minimum atomic E-state index is -0.436. The number of rotatable bonds is 13. The lowest BCUT2D eigenvalue weighted by molar-refractivity contribution is -0.131. The summed E-state index contributed by atoms with van der Waals surface area (Å²) in [5.74, 6) is 0.574. The van der Waals surface area contributed by atoms with Crippen LogP contribution in [0.5, 0.6) is 23.0 Å². The van der Waals surface area contributed by atoms with Crippen LogP contribution in [0.1, 0.15) is 85.7 Å². The molecule has 0 aliphatic heterocycles. The molecule has 0 aromatic heterocycles. The summed E-state index contributed by atoms with van der Waals surface area (Å²) in [6.45, 7) is 8.80. The summed E-state index contributed by atoms with van der Waals surface area (Å²) in [5.41, 5.74) is 2.04. The van der Waals surface area contributed by atoms with Crippen LogP contribution in [0.15, 0.2) is 24.3 Å². The second-order valence-electron chi connectivity index (χ2n) is 8.11. The van der Waals surface area contributed by atoms with Gasteiger partial charge in [-0.1, -0.05) is 26.7 Å². The van der Waals surface area contributed by atoms with Crippen molar-refractivity contribution in [1.29, 1.82) is 0 Å². The van der Waals surface area contributed by atoms with Gasteiger partial charge in [-0.15, -0.1) is 0 Å². The normalized spacial score (nSPS) is 10.6. The average molecular weight is 471 g/mol. The highest BCUT2D eigenvalue weighted by Gasteiger charge is 2.19. The van der Waals surface area contributed by atoms with E-state index in [4.69, 9.17) is 14.2 Å². The maximum Gasteiger partial charge on any atom is 0.308 e. The summed E-state index contributed by atoms with van der Waals surface area (Å²) < 4.78 is 17.2. The predicted octanol–water partition coefficient (Wildman–Crippen LogP) is 5.48. The summed E-state index contributed by atoms with van der Waals surface area (Å²) in [4.78, 5) is 35.4. The van der Waals surface area contributed by atoms with E-state index in [-0.39, 0.29) is 29.5 Å². The monoisotopic (exact) mass is 470 g/mol. The average Bonchev–Trinajstić information content (AvgIpc) is 2.76. The molecule has 7 nitrogen and oxygen atoms in total. The first kappa shape index (κ1) is 26.9. The molecule has 0 saturated carbocycles. The number of phenolic OH excluding ortho intramolecular Hbond substituents is 1. The van der Waals surface area contributed by atoms with Crippen molar-refractivity contribution in [1.82, 2.24) is 0 Å². The van der Waals surface area contributed by atoms with E-state index in [1.807, 2.05) is 13.8 Å². The molecular formula is C27H34O7. The first-order valence-corrected chi connectivity index (χ1v) is 11.7. The maximum atomic E-state index is 12.2. The number of esters is 1. The number of ketones is 2. The van der Waals surface area contributed by atoms with Crippen LogP contribution >= 0.6 is 0 Å². The van der Waals surface area contributed by atoms with Gasteiger partial charge in [-0.25, -0.2) is 0 Å². The van der Waals surface area contributed by atoms with E-state index >= 15 is 0 Å². The molecule has 2 aromatic carbocycles. The Labute approximate surface area is 201 Å². The van der Waals surface area contributed by atoms with Gasteiger partial charge in [-0.05, 0) is 51.0 Å². The quantitative estimate of drug-likeness (QED) is 0.179. The summed E-state index contributed by atoms with van der Waals surface area (Å²) in [6, 6.07) is 6.52. The highest BCUT2D eigenvalue weighted by molar-refractivity contribution is 5.98. The molecule has 0 aliphatic carbocycles. The lowest BCUT2D eigenvalue weighted by Crippen LogP contribution is -2.12. The highest BCUT2D eigenvalue weighted by Crippen LogP contribution is 2.35. The Bertz CT molecular complexity index is 1040. The molecule has 184 valence electrons. The number of ether oxygens (including phenoxy) is 3. The van der Waals surface area contributed by atoms with Gasteiger partial charge in [-0.2, -0.15) is 0 Å². The third kappa shape index (κ3) is 6.83. The summed E-state index contributed by atoms with van der Waals surface area (Å²) in [6.07, 6.45) is 3.28. The second kappa shape index (κ2) is 12.8. The zero-order chi connectivity index (χ0) is 25.3. The number of Topliss-reactive ketones (excluding diaryl/α,β-unsaturated/α-hetero) is 2. The Kier molecular flexibility index (Phi) is 10.1. The molecule has 0 aliphatic rings. The van der Waals surface area contributed by atoms with Gasteiger partial charge in [-0.3, -0.25) is 14.4 Å². The van der Waals surface area contributed by atoms with Crippen molar-refractivity contribution in [2.24, 2.45) is 0 Å². The zero-order valence-electron chi connectivity index (χ0n) is 20.7.